The third-order valence-electron chi connectivity index (χ3n) is 2.77. The van der Waals surface area contributed by atoms with Gasteiger partial charge in [-0.05, 0) is 27.6 Å². The number of aliphatic carboxylic acids is 1. The summed E-state index contributed by atoms with van der Waals surface area (Å²) in [6.45, 7) is 3.97. The molecule has 0 saturated carbocycles. The van der Waals surface area contributed by atoms with E-state index >= 15 is 0 Å². The number of halogens is 3. The van der Waals surface area contributed by atoms with Crippen LogP contribution in [0.5, 0.6) is 0 Å². The molecular formula is C11H21F3N2O2. The number of carbonyl (C=O) groups is 1. The molecule has 0 aliphatic rings. The normalized spacial score (nSPS) is 16.1. The number of nitrogens with zero attached hydrogens (tertiary/aromatic N) is 2. The van der Waals surface area contributed by atoms with Gasteiger partial charge in [-0.1, -0.05) is 6.92 Å². The van der Waals surface area contributed by atoms with Crippen LogP contribution in [-0.2, 0) is 4.79 Å². The van der Waals surface area contributed by atoms with Crippen molar-refractivity contribution >= 4 is 5.97 Å². The lowest BCUT2D eigenvalue weighted by molar-refractivity contribution is -0.197. The Kier molecular flexibility index (Phi) is 6.62. The van der Waals surface area contributed by atoms with Crippen molar-refractivity contribution in [3.05, 3.63) is 0 Å². The summed E-state index contributed by atoms with van der Waals surface area (Å²) in [6, 6.07) is -0.130. The van der Waals surface area contributed by atoms with Crippen molar-refractivity contribution in [2.75, 3.05) is 33.7 Å². The van der Waals surface area contributed by atoms with Crippen molar-refractivity contribution in [2.45, 2.75) is 26.1 Å². The summed E-state index contributed by atoms with van der Waals surface area (Å²) in [4.78, 5) is 14.1. The van der Waals surface area contributed by atoms with Gasteiger partial charge in [-0.15, -0.1) is 0 Å². The second-order valence-corrected chi connectivity index (χ2v) is 4.63. The predicted molar refractivity (Wildman–Crippen MR) is 62.4 cm³/mol. The van der Waals surface area contributed by atoms with Crippen molar-refractivity contribution in [1.29, 1.82) is 0 Å². The fraction of sp³-hybridized carbons (Fsp3) is 0.909. The van der Waals surface area contributed by atoms with E-state index in [2.05, 4.69) is 0 Å². The molecule has 0 aliphatic heterocycles. The number of alkyl halides is 3. The molecular weight excluding hydrogens is 249 g/mol. The molecule has 0 heterocycles. The Balaban J connectivity index is 4.72. The number of rotatable bonds is 7. The van der Waals surface area contributed by atoms with E-state index in [1.807, 2.05) is 19.0 Å². The van der Waals surface area contributed by atoms with Crippen LogP contribution < -0.4 is 0 Å². The van der Waals surface area contributed by atoms with Gasteiger partial charge < -0.3 is 10.0 Å². The molecule has 0 saturated heterocycles. The Labute approximate surface area is 105 Å². The van der Waals surface area contributed by atoms with E-state index in [0.29, 0.717) is 13.1 Å². The monoisotopic (exact) mass is 270 g/mol. The van der Waals surface area contributed by atoms with Crippen LogP contribution in [0.2, 0.25) is 0 Å². The van der Waals surface area contributed by atoms with E-state index in [1.54, 1.807) is 13.8 Å². The quantitative estimate of drug-likeness (QED) is 0.762. The summed E-state index contributed by atoms with van der Waals surface area (Å²) in [5.74, 6) is -4.15. The molecule has 18 heavy (non-hydrogen) atoms. The lowest BCUT2D eigenvalue weighted by Gasteiger charge is -2.32. The third kappa shape index (κ3) is 5.68. The molecule has 7 heteroatoms. The van der Waals surface area contributed by atoms with Gasteiger partial charge in [-0.25, -0.2) is 0 Å². The molecule has 0 aromatic heterocycles. The SMILES string of the molecule is CCN(CC(C(=O)O)C(F)(F)F)C(C)CN(C)C. The first-order valence-electron chi connectivity index (χ1n) is 5.77. The topological polar surface area (TPSA) is 43.8 Å². The highest BCUT2D eigenvalue weighted by Gasteiger charge is 2.46. The van der Waals surface area contributed by atoms with E-state index in [0.717, 1.165) is 0 Å². The van der Waals surface area contributed by atoms with Crippen molar-refractivity contribution in [3.8, 4) is 0 Å². The second kappa shape index (κ2) is 6.94. The molecule has 108 valence electrons. The Morgan fingerprint density at radius 3 is 2.06 bits per heavy atom. The fourth-order valence-electron chi connectivity index (χ4n) is 1.82. The molecule has 0 radical (unpaired) electrons. The first-order valence-corrected chi connectivity index (χ1v) is 5.77. The fourth-order valence-corrected chi connectivity index (χ4v) is 1.82. The van der Waals surface area contributed by atoms with Gasteiger partial charge in [0, 0.05) is 19.1 Å². The van der Waals surface area contributed by atoms with Crippen molar-refractivity contribution in [1.82, 2.24) is 9.80 Å². The second-order valence-electron chi connectivity index (χ2n) is 4.63. The zero-order valence-corrected chi connectivity index (χ0v) is 11.2. The zero-order valence-electron chi connectivity index (χ0n) is 11.2. The van der Waals surface area contributed by atoms with E-state index < -0.39 is 24.6 Å². The maximum Gasteiger partial charge on any atom is 0.403 e. The van der Waals surface area contributed by atoms with Gasteiger partial charge in [0.25, 0.3) is 0 Å². The third-order valence-corrected chi connectivity index (χ3v) is 2.77. The maximum atomic E-state index is 12.6. The summed E-state index contributed by atoms with van der Waals surface area (Å²) >= 11 is 0. The zero-order chi connectivity index (χ0) is 14.5. The first kappa shape index (κ1) is 17.2. The van der Waals surface area contributed by atoms with E-state index in [1.165, 1.54) is 4.90 Å². The standard InChI is InChI=1S/C11H21F3N2O2/c1-5-16(8(2)6-15(3)4)7-9(10(17)18)11(12,13)14/h8-9H,5-7H2,1-4H3,(H,17,18). The highest BCUT2D eigenvalue weighted by molar-refractivity contribution is 5.71. The van der Waals surface area contributed by atoms with Crippen LogP contribution >= 0.6 is 0 Å². The van der Waals surface area contributed by atoms with Gasteiger partial charge in [-0.3, -0.25) is 9.69 Å². The number of likely N-dealkylation sites (N-methyl/N-ethyl adjacent to an activating group) is 2. The summed E-state index contributed by atoms with van der Waals surface area (Å²) in [5.41, 5.74) is 0. The van der Waals surface area contributed by atoms with Gasteiger partial charge in [0.05, 0.1) is 0 Å². The van der Waals surface area contributed by atoms with Crippen molar-refractivity contribution in [2.24, 2.45) is 5.92 Å². The molecule has 0 aliphatic carbocycles. The molecule has 2 unspecified atom stereocenters. The average molecular weight is 270 g/mol. The van der Waals surface area contributed by atoms with Gasteiger partial charge in [0.2, 0.25) is 0 Å². The number of hydrogen-bond acceptors (Lipinski definition) is 3. The Morgan fingerprint density at radius 1 is 1.28 bits per heavy atom. The van der Waals surface area contributed by atoms with Crippen LogP contribution in [0.25, 0.3) is 0 Å². The maximum absolute atomic E-state index is 12.6. The Morgan fingerprint density at radius 2 is 1.78 bits per heavy atom. The molecule has 0 fully saturated rings. The molecule has 2 atom stereocenters. The number of hydrogen-bond donors (Lipinski definition) is 1. The van der Waals surface area contributed by atoms with E-state index in [-0.39, 0.29) is 6.04 Å². The molecule has 0 bridgehead atoms. The highest BCUT2D eigenvalue weighted by Crippen LogP contribution is 2.27. The molecule has 0 spiro atoms. The van der Waals surface area contributed by atoms with Crippen LogP contribution in [0.4, 0.5) is 13.2 Å². The van der Waals surface area contributed by atoms with Crippen LogP contribution in [0.1, 0.15) is 13.8 Å². The van der Waals surface area contributed by atoms with Crippen LogP contribution in [0, 0.1) is 5.92 Å². The lowest BCUT2D eigenvalue weighted by atomic mass is 10.1. The van der Waals surface area contributed by atoms with Gasteiger partial charge >= 0.3 is 12.1 Å². The minimum Gasteiger partial charge on any atom is -0.481 e. The van der Waals surface area contributed by atoms with Crippen LogP contribution in [-0.4, -0.2) is 66.8 Å². The summed E-state index contributed by atoms with van der Waals surface area (Å²) in [7, 11) is 3.64. The van der Waals surface area contributed by atoms with E-state index in [9.17, 15) is 18.0 Å². The molecule has 0 rings (SSSR count). The minimum absolute atomic E-state index is 0.130. The van der Waals surface area contributed by atoms with Crippen molar-refractivity contribution in [3.63, 3.8) is 0 Å². The highest BCUT2D eigenvalue weighted by atomic mass is 19.4. The summed E-state index contributed by atoms with van der Waals surface area (Å²) in [5, 5.41) is 8.66. The lowest BCUT2D eigenvalue weighted by Crippen LogP contribution is -2.47. The first-order chi connectivity index (χ1) is 8.09. The predicted octanol–water partition coefficient (Wildman–Crippen LogP) is 1.52. The summed E-state index contributed by atoms with van der Waals surface area (Å²) in [6.07, 6.45) is -4.71. The smallest absolute Gasteiger partial charge is 0.403 e. The molecule has 4 nitrogen and oxygen atoms in total. The molecule has 1 N–H and O–H groups in total. The van der Waals surface area contributed by atoms with Gasteiger partial charge in [0.1, 0.15) is 0 Å². The minimum atomic E-state index is -4.71. The van der Waals surface area contributed by atoms with Crippen molar-refractivity contribution < 1.29 is 23.1 Å². The number of carboxylic acids is 1. The average Bonchev–Trinajstić information content (AvgIpc) is 2.14. The van der Waals surface area contributed by atoms with Gasteiger partial charge in [-0.2, -0.15) is 13.2 Å². The Bertz CT molecular complexity index is 270. The molecule has 0 aromatic carbocycles. The molecule has 0 aromatic rings. The summed E-state index contributed by atoms with van der Waals surface area (Å²) < 4.78 is 37.7. The van der Waals surface area contributed by atoms with Crippen LogP contribution in [0.15, 0.2) is 0 Å². The largest absolute Gasteiger partial charge is 0.481 e. The number of carboxylic acid groups (broad SMARTS) is 1. The van der Waals surface area contributed by atoms with Crippen LogP contribution in [0.3, 0.4) is 0 Å². The van der Waals surface area contributed by atoms with E-state index in [4.69, 9.17) is 5.11 Å². The van der Waals surface area contributed by atoms with Gasteiger partial charge in [0.15, 0.2) is 5.92 Å². The Hall–Kier alpha value is -0.820. The molecule has 0 amide bonds.